The standard InChI is InChI=1S/C12H13ClN2/c1-6-10(13)3-2-8-9-4-7(14)5-11(9)15-12(6)8/h2-3,7,15H,4-5,14H2,1H3. The average molecular weight is 221 g/mol. The van der Waals surface area contributed by atoms with E-state index in [0.29, 0.717) is 0 Å². The summed E-state index contributed by atoms with van der Waals surface area (Å²) in [5.41, 5.74) is 10.9. The maximum absolute atomic E-state index is 6.09. The van der Waals surface area contributed by atoms with Gasteiger partial charge in [0.25, 0.3) is 0 Å². The molecule has 0 saturated carbocycles. The highest BCUT2D eigenvalue weighted by molar-refractivity contribution is 6.32. The van der Waals surface area contributed by atoms with E-state index in [-0.39, 0.29) is 6.04 Å². The molecule has 15 heavy (non-hydrogen) atoms. The van der Waals surface area contributed by atoms with Gasteiger partial charge >= 0.3 is 0 Å². The van der Waals surface area contributed by atoms with Gasteiger partial charge in [0.15, 0.2) is 0 Å². The van der Waals surface area contributed by atoms with Gasteiger partial charge in [-0.25, -0.2) is 0 Å². The van der Waals surface area contributed by atoms with Crippen LogP contribution >= 0.6 is 11.6 Å². The van der Waals surface area contributed by atoms with Gasteiger partial charge in [-0.3, -0.25) is 0 Å². The maximum Gasteiger partial charge on any atom is 0.0503 e. The highest BCUT2D eigenvalue weighted by atomic mass is 35.5. The molecule has 1 aromatic heterocycles. The fourth-order valence-corrected chi connectivity index (χ4v) is 2.65. The number of aromatic amines is 1. The zero-order valence-corrected chi connectivity index (χ0v) is 9.36. The number of nitrogens with two attached hydrogens (primary N) is 1. The Morgan fingerprint density at radius 1 is 1.40 bits per heavy atom. The summed E-state index contributed by atoms with van der Waals surface area (Å²) in [4.78, 5) is 3.45. The van der Waals surface area contributed by atoms with Crippen molar-refractivity contribution in [2.24, 2.45) is 5.73 Å². The van der Waals surface area contributed by atoms with E-state index in [1.54, 1.807) is 0 Å². The minimum atomic E-state index is 0.284. The summed E-state index contributed by atoms with van der Waals surface area (Å²) < 4.78 is 0. The summed E-state index contributed by atoms with van der Waals surface area (Å²) in [7, 11) is 0. The van der Waals surface area contributed by atoms with Gasteiger partial charge in [-0.1, -0.05) is 17.7 Å². The smallest absolute Gasteiger partial charge is 0.0503 e. The van der Waals surface area contributed by atoms with Gasteiger partial charge in [-0.15, -0.1) is 0 Å². The van der Waals surface area contributed by atoms with Gasteiger partial charge in [0.05, 0.1) is 5.52 Å². The summed E-state index contributed by atoms with van der Waals surface area (Å²) in [5.74, 6) is 0. The van der Waals surface area contributed by atoms with E-state index in [1.165, 1.54) is 22.2 Å². The quantitative estimate of drug-likeness (QED) is 0.704. The molecule has 0 fully saturated rings. The van der Waals surface area contributed by atoms with Crippen LogP contribution in [-0.4, -0.2) is 11.0 Å². The van der Waals surface area contributed by atoms with Crippen LogP contribution < -0.4 is 5.73 Å². The maximum atomic E-state index is 6.09. The van der Waals surface area contributed by atoms with Crippen molar-refractivity contribution < 1.29 is 0 Å². The molecule has 0 spiro atoms. The summed E-state index contributed by atoms with van der Waals surface area (Å²) >= 11 is 6.09. The third kappa shape index (κ3) is 1.22. The zero-order valence-electron chi connectivity index (χ0n) is 8.60. The molecule has 0 aliphatic heterocycles. The van der Waals surface area contributed by atoms with Crippen LogP contribution in [0.3, 0.4) is 0 Å². The summed E-state index contributed by atoms with van der Waals surface area (Å²) in [6.07, 6.45) is 1.94. The van der Waals surface area contributed by atoms with Crippen molar-refractivity contribution >= 4 is 22.5 Å². The van der Waals surface area contributed by atoms with Crippen molar-refractivity contribution in [1.82, 2.24) is 4.98 Å². The number of benzene rings is 1. The molecule has 1 heterocycles. The van der Waals surface area contributed by atoms with E-state index in [1.807, 2.05) is 6.07 Å². The van der Waals surface area contributed by atoms with Crippen LogP contribution in [0, 0.1) is 6.92 Å². The van der Waals surface area contributed by atoms with Crippen LogP contribution in [0.4, 0.5) is 0 Å². The fourth-order valence-electron chi connectivity index (χ4n) is 2.49. The largest absolute Gasteiger partial charge is 0.358 e. The van der Waals surface area contributed by atoms with E-state index in [4.69, 9.17) is 17.3 Å². The predicted molar refractivity (Wildman–Crippen MR) is 63.4 cm³/mol. The first-order chi connectivity index (χ1) is 7.16. The fraction of sp³-hybridized carbons (Fsp3) is 0.333. The Hall–Kier alpha value is -0.990. The molecule has 1 aliphatic carbocycles. The zero-order chi connectivity index (χ0) is 10.6. The number of H-pyrrole nitrogens is 1. The van der Waals surface area contributed by atoms with E-state index >= 15 is 0 Å². The van der Waals surface area contributed by atoms with Crippen LogP contribution in [0.5, 0.6) is 0 Å². The lowest BCUT2D eigenvalue weighted by molar-refractivity contribution is 0.716. The van der Waals surface area contributed by atoms with Crippen LogP contribution in [0.25, 0.3) is 10.9 Å². The number of halogens is 1. The van der Waals surface area contributed by atoms with Gasteiger partial charge in [-0.2, -0.15) is 0 Å². The van der Waals surface area contributed by atoms with Crippen LogP contribution in [0.2, 0.25) is 5.02 Å². The molecule has 0 radical (unpaired) electrons. The molecule has 1 aromatic carbocycles. The SMILES string of the molecule is Cc1c(Cl)ccc2c3c([nH]c12)CC(N)C3. The Morgan fingerprint density at radius 3 is 3.00 bits per heavy atom. The van der Waals surface area contributed by atoms with Crippen LogP contribution in [0.15, 0.2) is 12.1 Å². The van der Waals surface area contributed by atoms with Crippen molar-refractivity contribution in [3.63, 3.8) is 0 Å². The highest BCUT2D eigenvalue weighted by Gasteiger charge is 2.23. The molecule has 1 aliphatic rings. The number of rotatable bonds is 0. The van der Waals surface area contributed by atoms with Gasteiger partial charge in [0.1, 0.15) is 0 Å². The third-order valence-corrected chi connectivity index (χ3v) is 3.71. The van der Waals surface area contributed by atoms with E-state index in [2.05, 4.69) is 18.0 Å². The first kappa shape index (κ1) is 9.25. The normalized spacial score (nSPS) is 19.8. The molecular formula is C12H13ClN2. The Morgan fingerprint density at radius 2 is 2.20 bits per heavy atom. The second kappa shape index (κ2) is 3.00. The second-order valence-corrected chi connectivity index (χ2v) is 4.75. The van der Waals surface area contributed by atoms with Crippen LogP contribution in [-0.2, 0) is 12.8 Å². The first-order valence-electron chi connectivity index (χ1n) is 5.21. The van der Waals surface area contributed by atoms with Crippen molar-refractivity contribution in [3.05, 3.63) is 34.0 Å². The minimum Gasteiger partial charge on any atom is -0.358 e. The summed E-state index contributed by atoms with van der Waals surface area (Å²) in [6.45, 7) is 2.05. The Labute approximate surface area is 93.4 Å². The molecule has 78 valence electrons. The molecule has 1 unspecified atom stereocenters. The molecule has 1 atom stereocenters. The molecule has 3 N–H and O–H groups in total. The van der Waals surface area contributed by atoms with E-state index in [9.17, 15) is 0 Å². The molecule has 3 heteroatoms. The lowest BCUT2D eigenvalue weighted by Crippen LogP contribution is -2.19. The number of aromatic nitrogens is 1. The molecular weight excluding hydrogens is 208 g/mol. The number of nitrogens with one attached hydrogen (secondary N) is 1. The van der Waals surface area contributed by atoms with Crippen LogP contribution in [0.1, 0.15) is 16.8 Å². The topological polar surface area (TPSA) is 41.8 Å². The molecule has 0 amide bonds. The lowest BCUT2D eigenvalue weighted by atomic mass is 10.1. The lowest BCUT2D eigenvalue weighted by Gasteiger charge is -2.03. The monoisotopic (exact) mass is 220 g/mol. The molecule has 2 aromatic rings. The van der Waals surface area contributed by atoms with Gasteiger partial charge in [0, 0.05) is 28.6 Å². The van der Waals surface area contributed by atoms with Gasteiger partial charge in [0.2, 0.25) is 0 Å². The Balaban J connectivity index is 2.33. The van der Waals surface area contributed by atoms with Gasteiger partial charge < -0.3 is 10.7 Å². The molecule has 2 nitrogen and oxygen atoms in total. The molecule has 0 bridgehead atoms. The number of hydrogen-bond donors (Lipinski definition) is 2. The van der Waals surface area contributed by atoms with E-state index in [0.717, 1.165) is 23.4 Å². The van der Waals surface area contributed by atoms with Gasteiger partial charge in [-0.05, 0) is 30.5 Å². The number of aryl methyl sites for hydroxylation is 1. The van der Waals surface area contributed by atoms with Crippen molar-refractivity contribution in [2.75, 3.05) is 0 Å². The van der Waals surface area contributed by atoms with Crippen molar-refractivity contribution in [2.45, 2.75) is 25.8 Å². The Kier molecular flexibility index (Phi) is 1.85. The molecule has 0 saturated heterocycles. The predicted octanol–water partition coefficient (Wildman–Crippen LogP) is 2.56. The first-order valence-corrected chi connectivity index (χ1v) is 5.58. The number of fused-ring (bicyclic) bond motifs is 3. The minimum absolute atomic E-state index is 0.284. The Bertz CT molecular complexity index is 542. The third-order valence-electron chi connectivity index (χ3n) is 3.30. The van der Waals surface area contributed by atoms with Crippen molar-refractivity contribution in [3.8, 4) is 0 Å². The summed E-state index contributed by atoms with van der Waals surface area (Å²) in [6, 6.07) is 4.35. The average Bonchev–Trinajstić information content (AvgIpc) is 2.68. The summed E-state index contributed by atoms with van der Waals surface area (Å²) in [5, 5.41) is 2.12. The van der Waals surface area contributed by atoms with E-state index < -0.39 is 0 Å². The molecule has 3 rings (SSSR count). The van der Waals surface area contributed by atoms with Crippen molar-refractivity contribution in [1.29, 1.82) is 0 Å². The second-order valence-electron chi connectivity index (χ2n) is 4.35. The highest BCUT2D eigenvalue weighted by Crippen LogP contribution is 2.33. The number of hydrogen-bond acceptors (Lipinski definition) is 1.